The van der Waals surface area contributed by atoms with E-state index in [1.54, 1.807) is 6.33 Å². The van der Waals surface area contributed by atoms with E-state index in [9.17, 15) is 4.79 Å². The zero-order valence-electron chi connectivity index (χ0n) is 13.6. The van der Waals surface area contributed by atoms with E-state index in [-0.39, 0.29) is 5.91 Å². The molecule has 1 N–H and O–H groups in total. The second kappa shape index (κ2) is 6.48. The average molecular weight is 319 g/mol. The van der Waals surface area contributed by atoms with Gasteiger partial charge in [-0.1, -0.05) is 30.3 Å². The summed E-state index contributed by atoms with van der Waals surface area (Å²) in [5.41, 5.74) is 3.94. The molecule has 4 heteroatoms. The standard InChI is InChI=1S/C20H21N3O/c24-20(17-8-9-18-19(13-17)22-14-21-18)23-11-4-7-16(10-12-23)15-5-2-1-3-6-15/h1-3,5-6,8-9,13-14,16H,4,7,10-12H2,(H,21,22). The molecule has 2 heterocycles. The lowest BCUT2D eigenvalue weighted by Gasteiger charge is -2.21. The van der Waals surface area contributed by atoms with Crippen LogP contribution in [0.25, 0.3) is 11.0 Å². The molecule has 24 heavy (non-hydrogen) atoms. The van der Waals surface area contributed by atoms with Gasteiger partial charge in [0.1, 0.15) is 0 Å². The number of nitrogens with one attached hydrogen (secondary N) is 1. The third-order valence-corrected chi connectivity index (χ3v) is 4.95. The van der Waals surface area contributed by atoms with Gasteiger partial charge in [0, 0.05) is 18.7 Å². The Morgan fingerprint density at radius 1 is 1.08 bits per heavy atom. The minimum Gasteiger partial charge on any atom is -0.345 e. The number of amides is 1. The van der Waals surface area contributed by atoms with Crippen molar-refractivity contribution in [1.29, 1.82) is 0 Å². The molecule has 1 fully saturated rings. The van der Waals surface area contributed by atoms with E-state index in [4.69, 9.17) is 0 Å². The van der Waals surface area contributed by atoms with E-state index in [1.807, 2.05) is 23.1 Å². The predicted octanol–water partition coefficient (Wildman–Crippen LogP) is 3.97. The van der Waals surface area contributed by atoms with Gasteiger partial charge in [0.25, 0.3) is 5.91 Å². The molecule has 122 valence electrons. The monoisotopic (exact) mass is 319 g/mol. The highest BCUT2D eigenvalue weighted by Crippen LogP contribution is 2.28. The van der Waals surface area contributed by atoms with Crippen LogP contribution < -0.4 is 0 Å². The Bertz CT molecular complexity index is 840. The molecule has 1 saturated heterocycles. The molecule has 0 radical (unpaired) electrons. The first-order chi connectivity index (χ1) is 11.8. The SMILES string of the molecule is O=C(c1ccc2nc[nH]c2c1)N1CCCC(c2ccccc2)CC1. The molecular weight excluding hydrogens is 298 g/mol. The molecule has 1 aliphatic heterocycles. The van der Waals surface area contributed by atoms with Crippen molar-refractivity contribution < 1.29 is 4.79 Å². The van der Waals surface area contributed by atoms with Crippen LogP contribution in [0.1, 0.15) is 41.1 Å². The molecule has 1 unspecified atom stereocenters. The summed E-state index contributed by atoms with van der Waals surface area (Å²) >= 11 is 0. The maximum atomic E-state index is 12.9. The van der Waals surface area contributed by atoms with Crippen molar-refractivity contribution in [3.05, 3.63) is 66.0 Å². The van der Waals surface area contributed by atoms with Crippen LogP contribution in [0.2, 0.25) is 0 Å². The van der Waals surface area contributed by atoms with Crippen LogP contribution in [0.15, 0.2) is 54.9 Å². The maximum Gasteiger partial charge on any atom is 0.253 e. The van der Waals surface area contributed by atoms with Crippen LogP contribution in [0.5, 0.6) is 0 Å². The Morgan fingerprint density at radius 3 is 2.83 bits per heavy atom. The molecule has 0 saturated carbocycles. The summed E-state index contributed by atoms with van der Waals surface area (Å²) < 4.78 is 0. The first-order valence-corrected chi connectivity index (χ1v) is 8.58. The third-order valence-electron chi connectivity index (χ3n) is 4.95. The number of hydrogen-bond acceptors (Lipinski definition) is 2. The lowest BCUT2D eigenvalue weighted by molar-refractivity contribution is 0.0761. The van der Waals surface area contributed by atoms with Gasteiger partial charge in [-0.3, -0.25) is 4.79 Å². The third kappa shape index (κ3) is 2.92. The second-order valence-corrected chi connectivity index (χ2v) is 6.47. The van der Waals surface area contributed by atoms with Gasteiger partial charge in [0.05, 0.1) is 17.4 Å². The maximum absolute atomic E-state index is 12.9. The fourth-order valence-corrected chi connectivity index (χ4v) is 3.61. The highest BCUT2D eigenvalue weighted by atomic mass is 16.2. The minimum atomic E-state index is 0.125. The van der Waals surface area contributed by atoms with Crippen molar-refractivity contribution in [1.82, 2.24) is 14.9 Å². The van der Waals surface area contributed by atoms with Crippen LogP contribution in [-0.2, 0) is 0 Å². The summed E-state index contributed by atoms with van der Waals surface area (Å²) in [6.07, 6.45) is 4.89. The summed E-state index contributed by atoms with van der Waals surface area (Å²) in [6, 6.07) is 16.4. The predicted molar refractivity (Wildman–Crippen MR) is 95.0 cm³/mol. The van der Waals surface area contributed by atoms with Crippen molar-refractivity contribution in [3.63, 3.8) is 0 Å². The lowest BCUT2D eigenvalue weighted by atomic mass is 9.92. The smallest absolute Gasteiger partial charge is 0.253 e. The van der Waals surface area contributed by atoms with E-state index in [0.717, 1.165) is 48.9 Å². The first-order valence-electron chi connectivity index (χ1n) is 8.58. The summed E-state index contributed by atoms with van der Waals surface area (Å²) in [5.74, 6) is 0.680. The van der Waals surface area contributed by atoms with Crippen LogP contribution in [-0.4, -0.2) is 33.9 Å². The zero-order chi connectivity index (χ0) is 16.4. The van der Waals surface area contributed by atoms with Crippen LogP contribution in [0, 0.1) is 0 Å². The molecule has 1 aliphatic rings. The van der Waals surface area contributed by atoms with Gasteiger partial charge in [-0.05, 0) is 48.9 Å². The molecule has 1 amide bonds. The summed E-state index contributed by atoms with van der Waals surface area (Å²) in [5, 5.41) is 0. The number of hydrogen-bond donors (Lipinski definition) is 1. The number of carbonyl (C=O) groups is 1. The topological polar surface area (TPSA) is 49.0 Å². The van der Waals surface area contributed by atoms with Crippen molar-refractivity contribution in [2.45, 2.75) is 25.2 Å². The Balaban J connectivity index is 1.49. The summed E-state index contributed by atoms with van der Waals surface area (Å²) in [4.78, 5) is 22.1. The molecular formula is C20H21N3O. The fraction of sp³-hybridized carbons (Fsp3) is 0.300. The molecule has 1 aromatic heterocycles. The largest absolute Gasteiger partial charge is 0.345 e. The number of benzene rings is 2. The van der Waals surface area contributed by atoms with E-state index < -0.39 is 0 Å². The van der Waals surface area contributed by atoms with Crippen molar-refractivity contribution in [2.75, 3.05) is 13.1 Å². The molecule has 1 atom stereocenters. The summed E-state index contributed by atoms with van der Waals surface area (Å²) in [6.45, 7) is 1.66. The number of aromatic amines is 1. The average Bonchev–Trinajstić information content (AvgIpc) is 2.96. The van der Waals surface area contributed by atoms with Gasteiger partial charge in [0.15, 0.2) is 0 Å². The lowest BCUT2D eigenvalue weighted by Crippen LogP contribution is -2.31. The molecule has 0 aliphatic carbocycles. The minimum absolute atomic E-state index is 0.125. The van der Waals surface area contributed by atoms with Gasteiger partial charge in [-0.15, -0.1) is 0 Å². The number of imidazole rings is 1. The molecule has 2 aromatic carbocycles. The first kappa shape index (κ1) is 14.9. The number of nitrogens with zero attached hydrogens (tertiary/aromatic N) is 2. The number of carbonyl (C=O) groups excluding carboxylic acids is 1. The molecule has 4 rings (SSSR count). The van der Waals surface area contributed by atoms with E-state index in [1.165, 1.54) is 5.56 Å². The highest BCUT2D eigenvalue weighted by Gasteiger charge is 2.22. The van der Waals surface area contributed by atoms with Gasteiger partial charge >= 0.3 is 0 Å². The Morgan fingerprint density at radius 2 is 1.96 bits per heavy atom. The number of H-pyrrole nitrogens is 1. The quantitative estimate of drug-likeness (QED) is 0.777. The Labute approximate surface area is 141 Å². The molecule has 0 spiro atoms. The van der Waals surface area contributed by atoms with E-state index in [2.05, 4.69) is 40.3 Å². The van der Waals surface area contributed by atoms with Crippen molar-refractivity contribution >= 4 is 16.9 Å². The van der Waals surface area contributed by atoms with Crippen LogP contribution >= 0.6 is 0 Å². The van der Waals surface area contributed by atoms with Crippen LogP contribution in [0.4, 0.5) is 0 Å². The molecule has 4 nitrogen and oxygen atoms in total. The van der Waals surface area contributed by atoms with E-state index >= 15 is 0 Å². The fourth-order valence-electron chi connectivity index (χ4n) is 3.61. The number of rotatable bonds is 2. The Kier molecular flexibility index (Phi) is 4.03. The number of likely N-dealkylation sites (tertiary alicyclic amines) is 1. The van der Waals surface area contributed by atoms with Crippen molar-refractivity contribution in [2.24, 2.45) is 0 Å². The van der Waals surface area contributed by atoms with Gasteiger partial charge in [-0.25, -0.2) is 4.98 Å². The number of fused-ring (bicyclic) bond motifs is 1. The Hall–Kier alpha value is -2.62. The van der Waals surface area contributed by atoms with Gasteiger partial charge in [0.2, 0.25) is 0 Å². The molecule has 0 bridgehead atoms. The normalized spacial score (nSPS) is 18.5. The van der Waals surface area contributed by atoms with Gasteiger partial charge in [-0.2, -0.15) is 0 Å². The van der Waals surface area contributed by atoms with Gasteiger partial charge < -0.3 is 9.88 Å². The van der Waals surface area contributed by atoms with E-state index in [0.29, 0.717) is 5.92 Å². The molecule has 3 aromatic rings. The van der Waals surface area contributed by atoms with Crippen molar-refractivity contribution in [3.8, 4) is 0 Å². The summed E-state index contributed by atoms with van der Waals surface area (Å²) in [7, 11) is 0. The number of aromatic nitrogens is 2. The second-order valence-electron chi connectivity index (χ2n) is 6.47. The highest BCUT2D eigenvalue weighted by molar-refractivity contribution is 5.97. The van der Waals surface area contributed by atoms with Crippen LogP contribution in [0.3, 0.4) is 0 Å². The zero-order valence-corrected chi connectivity index (χ0v) is 13.6.